The lowest BCUT2D eigenvalue weighted by Crippen LogP contribution is -2.52. The summed E-state index contributed by atoms with van der Waals surface area (Å²) < 4.78 is 39.6. The number of amides is 2. The van der Waals surface area contributed by atoms with Crippen molar-refractivity contribution in [2.75, 3.05) is 17.1 Å². The fourth-order valence-corrected chi connectivity index (χ4v) is 5.02. The molecule has 0 bridgehead atoms. The van der Waals surface area contributed by atoms with Gasteiger partial charge in [0.25, 0.3) is 0 Å². The predicted octanol–water partition coefficient (Wildman–Crippen LogP) is 3.46. The van der Waals surface area contributed by atoms with Crippen LogP contribution < -0.4 is 9.62 Å². The molecule has 2 aromatic carbocycles. The van der Waals surface area contributed by atoms with Crippen molar-refractivity contribution in [3.8, 4) is 0 Å². The summed E-state index contributed by atoms with van der Waals surface area (Å²) in [6.07, 6.45) is 6.05. The zero-order valence-electron chi connectivity index (χ0n) is 19.6. The van der Waals surface area contributed by atoms with Crippen LogP contribution in [-0.2, 0) is 26.2 Å². The molecule has 1 aliphatic carbocycles. The Hall–Kier alpha value is -2.94. The average molecular weight is 490 g/mol. The van der Waals surface area contributed by atoms with Crippen LogP contribution >= 0.6 is 0 Å². The van der Waals surface area contributed by atoms with Crippen LogP contribution in [-0.4, -0.2) is 50.0 Å². The maximum absolute atomic E-state index is 13.8. The topological polar surface area (TPSA) is 86.8 Å². The van der Waals surface area contributed by atoms with E-state index in [-0.39, 0.29) is 24.2 Å². The van der Waals surface area contributed by atoms with Crippen LogP contribution in [0.5, 0.6) is 0 Å². The van der Waals surface area contributed by atoms with Crippen LogP contribution in [0.25, 0.3) is 0 Å². The summed E-state index contributed by atoms with van der Waals surface area (Å²) >= 11 is 0. The number of carbonyl (C=O) groups is 2. The normalized spacial score (nSPS) is 15.4. The number of hydrogen-bond donors (Lipinski definition) is 1. The zero-order valence-corrected chi connectivity index (χ0v) is 20.4. The number of rotatable bonds is 9. The van der Waals surface area contributed by atoms with Gasteiger partial charge in [0.1, 0.15) is 18.4 Å². The maximum atomic E-state index is 13.8. The molecule has 3 rings (SSSR count). The van der Waals surface area contributed by atoms with Crippen molar-refractivity contribution in [2.24, 2.45) is 0 Å². The molecular weight excluding hydrogens is 457 g/mol. The van der Waals surface area contributed by atoms with Crippen molar-refractivity contribution >= 4 is 27.5 Å². The van der Waals surface area contributed by atoms with E-state index < -0.39 is 34.3 Å². The molecule has 1 N–H and O–H groups in total. The molecule has 0 aliphatic heterocycles. The number of anilines is 1. The van der Waals surface area contributed by atoms with E-state index in [1.807, 2.05) is 30.3 Å². The first-order valence-corrected chi connectivity index (χ1v) is 13.4. The number of nitrogens with zero attached hydrogens (tertiary/aromatic N) is 2. The molecule has 9 heteroatoms. The number of nitrogens with one attached hydrogen (secondary N) is 1. The summed E-state index contributed by atoms with van der Waals surface area (Å²) in [5.74, 6) is -1.43. The molecule has 2 aromatic rings. The van der Waals surface area contributed by atoms with Gasteiger partial charge in [0.2, 0.25) is 21.8 Å². The molecule has 34 heavy (non-hydrogen) atoms. The molecule has 0 saturated heterocycles. The van der Waals surface area contributed by atoms with Crippen LogP contribution in [0, 0.1) is 5.82 Å². The monoisotopic (exact) mass is 489 g/mol. The second-order valence-corrected chi connectivity index (χ2v) is 10.7. The number of halogens is 1. The Bertz CT molecular complexity index is 1090. The summed E-state index contributed by atoms with van der Waals surface area (Å²) in [7, 11) is -3.89. The molecule has 184 valence electrons. The number of benzene rings is 2. The fraction of sp³-hybridized carbons (Fsp3) is 0.440. The van der Waals surface area contributed by atoms with Crippen molar-refractivity contribution in [1.29, 1.82) is 0 Å². The zero-order chi connectivity index (χ0) is 24.7. The molecule has 0 aromatic heterocycles. The molecule has 0 spiro atoms. The van der Waals surface area contributed by atoms with E-state index in [2.05, 4.69) is 5.32 Å². The van der Waals surface area contributed by atoms with Gasteiger partial charge in [-0.15, -0.1) is 0 Å². The quantitative estimate of drug-likeness (QED) is 0.585. The smallest absolute Gasteiger partial charge is 0.244 e. The lowest BCUT2D eigenvalue weighted by molar-refractivity contribution is -0.139. The standard InChI is InChI=1S/C25H32FN3O4S/c1-19(25(31)27-22-13-7-4-8-14-22)28(17-20-10-5-3-6-11-20)24(30)18-29(34(2,32)33)23-15-9-12-21(26)16-23/h3,5-6,9-12,15-16,19,22H,4,7-8,13-14,17-18H2,1-2H3,(H,27,31)/t19-/m1/s1. The van der Waals surface area contributed by atoms with Crippen LogP contribution in [0.4, 0.5) is 10.1 Å². The highest BCUT2D eigenvalue weighted by Crippen LogP contribution is 2.21. The molecular formula is C25H32FN3O4S. The van der Waals surface area contributed by atoms with Gasteiger partial charge < -0.3 is 10.2 Å². The SMILES string of the molecule is C[C@H](C(=O)NC1CCCCC1)N(Cc1ccccc1)C(=O)CN(c1cccc(F)c1)S(C)(=O)=O. The van der Waals surface area contributed by atoms with E-state index in [1.165, 1.54) is 23.1 Å². The second-order valence-electron chi connectivity index (χ2n) is 8.78. The Balaban J connectivity index is 1.84. The Morgan fingerprint density at radius 1 is 1.06 bits per heavy atom. The number of sulfonamides is 1. The molecule has 0 unspecified atom stereocenters. The minimum Gasteiger partial charge on any atom is -0.352 e. The van der Waals surface area contributed by atoms with Gasteiger partial charge in [-0.3, -0.25) is 13.9 Å². The van der Waals surface area contributed by atoms with Crippen LogP contribution in [0.15, 0.2) is 54.6 Å². The predicted molar refractivity (Wildman–Crippen MR) is 130 cm³/mol. The van der Waals surface area contributed by atoms with E-state index in [4.69, 9.17) is 0 Å². The molecule has 1 saturated carbocycles. The van der Waals surface area contributed by atoms with E-state index >= 15 is 0 Å². The first kappa shape index (κ1) is 25.7. The number of carbonyl (C=O) groups excluding carboxylic acids is 2. The summed E-state index contributed by atoms with van der Waals surface area (Å²) in [5, 5.41) is 3.05. The van der Waals surface area contributed by atoms with Crippen molar-refractivity contribution in [3.05, 3.63) is 66.0 Å². The van der Waals surface area contributed by atoms with E-state index in [1.54, 1.807) is 6.92 Å². The van der Waals surface area contributed by atoms with E-state index in [9.17, 15) is 22.4 Å². The van der Waals surface area contributed by atoms with Gasteiger partial charge in [-0.25, -0.2) is 12.8 Å². The third-order valence-corrected chi connectivity index (χ3v) is 7.23. The van der Waals surface area contributed by atoms with Crippen molar-refractivity contribution in [2.45, 2.75) is 57.7 Å². The van der Waals surface area contributed by atoms with Crippen LogP contribution in [0.3, 0.4) is 0 Å². The van der Waals surface area contributed by atoms with E-state index in [0.717, 1.165) is 54.3 Å². The highest BCUT2D eigenvalue weighted by Gasteiger charge is 2.31. The van der Waals surface area contributed by atoms with Gasteiger partial charge in [-0.2, -0.15) is 0 Å². The largest absolute Gasteiger partial charge is 0.352 e. The van der Waals surface area contributed by atoms with Gasteiger partial charge in [0.15, 0.2) is 0 Å². The second kappa shape index (κ2) is 11.5. The van der Waals surface area contributed by atoms with Gasteiger partial charge in [0, 0.05) is 12.6 Å². The molecule has 2 amide bonds. The van der Waals surface area contributed by atoms with E-state index in [0.29, 0.717) is 0 Å². The van der Waals surface area contributed by atoms with Crippen molar-refractivity contribution in [3.63, 3.8) is 0 Å². The first-order valence-electron chi connectivity index (χ1n) is 11.5. The highest BCUT2D eigenvalue weighted by atomic mass is 32.2. The molecule has 1 fully saturated rings. The third kappa shape index (κ3) is 7.03. The molecule has 0 heterocycles. The van der Waals surface area contributed by atoms with Gasteiger partial charge >= 0.3 is 0 Å². The van der Waals surface area contributed by atoms with Gasteiger partial charge in [-0.1, -0.05) is 55.7 Å². The highest BCUT2D eigenvalue weighted by molar-refractivity contribution is 7.92. The van der Waals surface area contributed by atoms with Crippen LogP contribution in [0.1, 0.15) is 44.6 Å². The minimum absolute atomic E-state index is 0.0508. The summed E-state index contributed by atoms with van der Waals surface area (Å²) in [6.45, 7) is 1.24. The molecule has 1 atom stereocenters. The first-order chi connectivity index (χ1) is 16.1. The average Bonchev–Trinajstić information content (AvgIpc) is 2.81. The summed E-state index contributed by atoms with van der Waals surface area (Å²) in [4.78, 5) is 27.9. The molecule has 0 radical (unpaired) electrons. The Morgan fingerprint density at radius 3 is 2.35 bits per heavy atom. The number of hydrogen-bond acceptors (Lipinski definition) is 4. The van der Waals surface area contributed by atoms with Crippen molar-refractivity contribution in [1.82, 2.24) is 10.2 Å². The summed E-state index contributed by atoms with van der Waals surface area (Å²) in [6, 6.07) is 13.5. The maximum Gasteiger partial charge on any atom is 0.244 e. The van der Waals surface area contributed by atoms with Gasteiger partial charge in [-0.05, 0) is 43.5 Å². The summed E-state index contributed by atoms with van der Waals surface area (Å²) in [5.41, 5.74) is 0.861. The Kier molecular flexibility index (Phi) is 8.66. The minimum atomic E-state index is -3.89. The Morgan fingerprint density at radius 2 is 1.74 bits per heavy atom. The molecule has 1 aliphatic rings. The van der Waals surface area contributed by atoms with Gasteiger partial charge in [0.05, 0.1) is 11.9 Å². The lowest BCUT2D eigenvalue weighted by atomic mass is 9.95. The third-order valence-electron chi connectivity index (χ3n) is 6.09. The van der Waals surface area contributed by atoms with Crippen molar-refractivity contribution < 1.29 is 22.4 Å². The molecule has 7 nitrogen and oxygen atoms in total. The fourth-order valence-electron chi connectivity index (χ4n) is 4.18. The van der Waals surface area contributed by atoms with Crippen LogP contribution in [0.2, 0.25) is 0 Å². The Labute approximate surface area is 201 Å². The lowest BCUT2D eigenvalue weighted by Gasteiger charge is -2.33.